The Kier molecular flexibility index (Phi) is 11.7. The Hall–Kier alpha value is -5.72. The van der Waals surface area contributed by atoms with E-state index in [1.807, 2.05) is 0 Å². The van der Waals surface area contributed by atoms with Crippen LogP contribution >= 0.6 is 0 Å². The zero-order valence-electron chi connectivity index (χ0n) is 29.8. The zero-order chi connectivity index (χ0) is 40.4. The molecule has 1 saturated heterocycles. The van der Waals surface area contributed by atoms with Gasteiger partial charge in [-0.15, -0.1) is 5.06 Å². The van der Waals surface area contributed by atoms with Crippen LogP contribution in [0.25, 0.3) is 10.8 Å². The van der Waals surface area contributed by atoms with Crippen molar-refractivity contribution in [3.05, 3.63) is 83.6 Å². The molecule has 0 spiro atoms. The van der Waals surface area contributed by atoms with E-state index < -0.39 is 68.6 Å². The van der Waals surface area contributed by atoms with Gasteiger partial charge in [0.25, 0.3) is 0 Å². The molecule has 0 unspecified atom stereocenters. The SMILES string of the molecule is CCOc1cc([C@@H](Nc2ccc3c(N)nccc3c2)C(=O)N2CCC[C@@H]2c2cc(N(OC(=O)C(F)(F)F)C(=O)OC)ccc2S(=O)(=O)C(C)C)c(F)cc1F. The highest BCUT2D eigenvalue weighted by Gasteiger charge is 2.45. The second-order valence-corrected chi connectivity index (χ2v) is 15.1. The van der Waals surface area contributed by atoms with E-state index in [0.717, 1.165) is 31.4 Å². The summed E-state index contributed by atoms with van der Waals surface area (Å²) < 4.78 is 107. The molecular formula is C36H36F5N5O8S. The summed E-state index contributed by atoms with van der Waals surface area (Å²) in [5.74, 6) is -5.83. The van der Waals surface area contributed by atoms with Crippen molar-refractivity contribution in [2.45, 2.75) is 62.0 Å². The monoisotopic (exact) mass is 793 g/mol. The van der Waals surface area contributed by atoms with Gasteiger partial charge in [0.15, 0.2) is 21.4 Å². The number of aromatic nitrogens is 1. The minimum atomic E-state index is -5.53. The molecule has 1 aromatic heterocycles. The number of nitrogens with zero attached hydrogens (tertiary/aromatic N) is 3. The number of amides is 2. The van der Waals surface area contributed by atoms with Crippen LogP contribution in [0.5, 0.6) is 5.75 Å². The summed E-state index contributed by atoms with van der Waals surface area (Å²) in [6.45, 7) is 4.34. The van der Waals surface area contributed by atoms with E-state index in [2.05, 4.69) is 19.9 Å². The van der Waals surface area contributed by atoms with Gasteiger partial charge in [-0.2, -0.15) is 13.2 Å². The first-order chi connectivity index (χ1) is 25.9. The molecule has 19 heteroatoms. The molecule has 3 aromatic carbocycles. The van der Waals surface area contributed by atoms with Crippen LogP contribution in [-0.2, 0) is 29.0 Å². The minimum absolute atomic E-state index is 0.00663. The van der Waals surface area contributed by atoms with Gasteiger partial charge in [0.05, 0.1) is 35.6 Å². The number of halogens is 5. The van der Waals surface area contributed by atoms with E-state index in [1.165, 1.54) is 24.9 Å². The van der Waals surface area contributed by atoms with Crippen molar-refractivity contribution in [3.63, 3.8) is 0 Å². The Morgan fingerprint density at radius 3 is 2.44 bits per heavy atom. The van der Waals surface area contributed by atoms with Gasteiger partial charge < -0.3 is 30.3 Å². The number of carbonyl (C=O) groups is 3. The van der Waals surface area contributed by atoms with E-state index in [1.54, 1.807) is 31.2 Å². The summed E-state index contributed by atoms with van der Waals surface area (Å²) in [5.41, 5.74) is 5.30. The number of benzene rings is 3. The Morgan fingerprint density at radius 2 is 1.78 bits per heavy atom. The minimum Gasteiger partial charge on any atom is -0.491 e. The molecule has 0 aliphatic carbocycles. The van der Waals surface area contributed by atoms with Crippen LogP contribution < -0.4 is 20.9 Å². The van der Waals surface area contributed by atoms with Gasteiger partial charge in [0.1, 0.15) is 17.7 Å². The van der Waals surface area contributed by atoms with Crippen molar-refractivity contribution >= 4 is 55.8 Å². The van der Waals surface area contributed by atoms with E-state index in [-0.39, 0.29) is 58.6 Å². The lowest BCUT2D eigenvalue weighted by Gasteiger charge is -2.32. The first kappa shape index (κ1) is 40.5. The molecule has 294 valence electrons. The molecule has 1 aliphatic rings. The van der Waals surface area contributed by atoms with Crippen molar-refractivity contribution in [2.75, 3.05) is 36.4 Å². The number of likely N-dealkylation sites (tertiary alicyclic amines) is 1. The Labute approximate surface area is 312 Å². The number of methoxy groups -OCH3 is 1. The van der Waals surface area contributed by atoms with Crippen LogP contribution in [0.15, 0.2) is 65.7 Å². The number of ether oxygens (including phenoxy) is 2. The van der Waals surface area contributed by atoms with Gasteiger partial charge in [-0.1, -0.05) is 0 Å². The summed E-state index contributed by atoms with van der Waals surface area (Å²) >= 11 is 0. The second-order valence-electron chi connectivity index (χ2n) is 12.6. The number of sulfone groups is 1. The maximum atomic E-state index is 15.8. The summed E-state index contributed by atoms with van der Waals surface area (Å²) in [6.07, 6.45) is -5.25. The molecule has 0 saturated carbocycles. The third-order valence-corrected chi connectivity index (χ3v) is 11.0. The molecule has 0 bridgehead atoms. The molecule has 13 nitrogen and oxygen atoms in total. The predicted octanol–water partition coefficient (Wildman–Crippen LogP) is 6.79. The Morgan fingerprint density at radius 1 is 1.05 bits per heavy atom. The van der Waals surface area contributed by atoms with Crippen LogP contribution in [0.4, 0.5) is 43.9 Å². The van der Waals surface area contributed by atoms with Crippen LogP contribution in [-0.4, -0.2) is 68.0 Å². The summed E-state index contributed by atoms with van der Waals surface area (Å²) in [4.78, 5) is 48.5. The summed E-state index contributed by atoms with van der Waals surface area (Å²) in [5, 5.41) is 3.09. The molecule has 4 aromatic rings. The number of hydrogen-bond acceptors (Lipinski definition) is 11. The summed E-state index contributed by atoms with van der Waals surface area (Å²) in [7, 11) is -3.37. The fourth-order valence-corrected chi connectivity index (χ4v) is 7.42. The normalized spacial score (nSPS) is 15.2. The molecule has 0 radical (unpaired) electrons. The van der Waals surface area contributed by atoms with E-state index >= 15 is 4.39 Å². The highest BCUT2D eigenvalue weighted by Crippen LogP contribution is 2.41. The number of hydroxylamine groups is 1. The van der Waals surface area contributed by atoms with E-state index in [4.69, 9.17) is 10.5 Å². The van der Waals surface area contributed by atoms with Crippen LogP contribution in [0.2, 0.25) is 0 Å². The lowest BCUT2D eigenvalue weighted by atomic mass is 10.00. The van der Waals surface area contributed by atoms with Crippen molar-refractivity contribution in [1.29, 1.82) is 0 Å². The fraction of sp³-hybridized carbons (Fsp3) is 0.333. The Bertz CT molecular complexity index is 2240. The molecule has 2 amide bonds. The number of nitrogens with one attached hydrogen (secondary N) is 1. The van der Waals surface area contributed by atoms with Crippen molar-refractivity contribution in [2.24, 2.45) is 0 Å². The molecule has 55 heavy (non-hydrogen) atoms. The van der Waals surface area contributed by atoms with Gasteiger partial charge in [-0.3, -0.25) is 4.79 Å². The number of alkyl halides is 3. The lowest BCUT2D eigenvalue weighted by Crippen LogP contribution is -2.39. The highest BCUT2D eigenvalue weighted by molar-refractivity contribution is 7.92. The number of hydrogen-bond donors (Lipinski definition) is 2. The predicted molar refractivity (Wildman–Crippen MR) is 190 cm³/mol. The number of rotatable bonds is 10. The van der Waals surface area contributed by atoms with Crippen LogP contribution in [0.3, 0.4) is 0 Å². The highest BCUT2D eigenvalue weighted by atomic mass is 32.2. The van der Waals surface area contributed by atoms with Crippen molar-refractivity contribution in [3.8, 4) is 5.75 Å². The number of pyridine rings is 1. The molecule has 1 fully saturated rings. The lowest BCUT2D eigenvalue weighted by molar-refractivity contribution is -0.200. The first-order valence-electron chi connectivity index (χ1n) is 16.8. The third kappa shape index (κ3) is 8.35. The second kappa shape index (κ2) is 15.9. The average Bonchev–Trinajstić information content (AvgIpc) is 3.63. The van der Waals surface area contributed by atoms with Gasteiger partial charge in [-0.25, -0.2) is 31.8 Å². The molecule has 1 aliphatic heterocycles. The standard InChI is InChI=1S/C36H36F5N5O8S/c1-5-53-29-17-24(26(37)18-27(29)38)31(44-21-8-10-23-20(15-21)12-13-43-32(23)42)33(47)45-14-6-7-28(45)25-16-22(9-11-30(25)55(50,51)19(2)3)46(35(49)52-4)54-34(48)36(39,40)41/h8-13,15-19,28,31,44H,5-7,14H2,1-4H3,(H2,42,43)/t28-,31-/m1/s1. The smallest absolute Gasteiger partial charge is 0.491 e. The average molecular weight is 794 g/mol. The number of anilines is 3. The van der Waals surface area contributed by atoms with Gasteiger partial charge in [0, 0.05) is 35.4 Å². The van der Waals surface area contributed by atoms with Gasteiger partial charge in [0.2, 0.25) is 5.91 Å². The zero-order valence-corrected chi connectivity index (χ0v) is 30.6. The van der Waals surface area contributed by atoms with Crippen LogP contribution in [0, 0.1) is 11.6 Å². The summed E-state index contributed by atoms with van der Waals surface area (Å²) in [6, 6.07) is 8.29. The molecule has 5 rings (SSSR count). The van der Waals surface area contributed by atoms with Gasteiger partial charge in [-0.05, 0) is 93.1 Å². The topological polar surface area (TPSA) is 170 Å². The maximum absolute atomic E-state index is 15.8. The number of carbonyl (C=O) groups excluding carboxylic acids is 3. The molecular weight excluding hydrogens is 757 g/mol. The third-order valence-electron chi connectivity index (χ3n) is 8.81. The molecule has 2 heterocycles. The number of fused-ring (bicyclic) bond motifs is 1. The largest absolute Gasteiger partial charge is 0.493 e. The molecule has 2 atom stereocenters. The van der Waals surface area contributed by atoms with E-state index in [0.29, 0.717) is 22.5 Å². The molecule has 3 N–H and O–H groups in total. The van der Waals surface area contributed by atoms with Gasteiger partial charge >= 0.3 is 18.2 Å². The van der Waals surface area contributed by atoms with Crippen LogP contribution in [0.1, 0.15) is 56.8 Å². The maximum Gasteiger partial charge on any atom is 0.493 e. The van der Waals surface area contributed by atoms with Crippen molar-refractivity contribution in [1.82, 2.24) is 9.88 Å². The van der Waals surface area contributed by atoms with E-state index in [9.17, 15) is 40.4 Å². The number of nitrogen functional groups attached to an aromatic ring is 1. The first-order valence-corrected chi connectivity index (χ1v) is 18.3. The van der Waals surface area contributed by atoms with Crippen molar-refractivity contribution < 1.29 is 59.1 Å². The fourth-order valence-electron chi connectivity index (χ4n) is 6.13. The Balaban J connectivity index is 1.66. The quantitative estimate of drug-likeness (QED) is 0.128. The number of nitrogens with two attached hydrogens (primary N) is 1.